The van der Waals surface area contributed by atoms with E-state index in [4.69, 9.17) is 23.4 Å². The monoisotopic (exact) mass is 512 g/mol. The number of amides is 2. The van der Waals surface area contributed by atoms with Crippen LogP contribution in [0.4, 0.5) is 0 Å². The summed E-state index contributed by atoms with van der Waals surface area (Å²) in [5.41, 5.74) is 5.49. The number of carbonyl (C=O) groups is 2. The van der Waals surface area contributed by atoms with Crippen LogP contribution < -0.4 is 29.8 Å². The summed E-state index contributed by atoms with van der Waals surface area (Å²) < 4.78 is 25.5. The van der Waals surface area contributed by atoms with E-state index in [-0.39, 0.29) is 46.0 Å². The van der Waals surface area contributed by atoms with Gasteiger partial charge in [-0.3, -0.25) is 9.59 Å². The minimum Gasteiger partial charge on any atom is -0.502 e. The first kappa shape index (κ1) is 26.4. The van der Waals surface area contributed by atoms with Crippen LogP contribution in [-0.4, -0.2) is 62.9 Å². The molecule has 37 heavy (non-hydrogen) atoms. The number of carbonyl (C=O) groups excluding carboxylic acids is 2. The van der Waals surface area contributed by atoms with E-state index < -0.39 is 11.8 Å². The minimum absolute atomic E-state index is 0.167. The van der Waals surface area contributed by atoms with Crippen LogP contribution in [0.5, 0.6) is 34.5 Å². The molecular formula is C24H24N4O9. The fourth-order valence-corrected chi connectivity index (χ4v) is 3.00. The first-order chi connectivity index (χ1) is 17.8. The van der Waals surface area contributed by atoms with Gasteiger partial charge in [0.2, 0.25) is 11.5 Å². The van der Waals surface area contributed by atoms with Crippen LogP contribution in [0.2, 0.25) is 0 Å². The maximum Gasteiger partial charge on any atom is 0.307 e. The van der Waals surface area contributed by atoms with Crippen molar-refractivity contribution in [1.29, 1.82) is 0 Å². The van der Waals surface area contributed by atoms with Crippen LogP contribution in [0.15, 0.2) is 51.0 Å². The van der Waals surface area contributed by atoms with Gasteiger partial charge in [-0.1, -0.05) is 0 Å². The van der Waals surface area contributed by atoms with E-state index in [1.54, 1.807) is 0 Å². The molecule has 2 aromatic carbocycles. The molecule has 0 aliphatic rings. The van der Waals surface area contributed by atoms with Gasteiger partial charge < -0.3 is 33.6 Å². The van der Waals surface area contributed by atoms with Gasteiger partial charge in [-0.15, -0.1) is 0 Å². The number of rotatable bonds is 10. The number of phenolic OH excluding ortho intramolecular Hbond substituents is 2. The van der Waals surface area contributed by atoms with E-state index in [0.29, 0.717) is 11.1 Å². The highest BCUT2D eigenvalue weighted by Gasteiger charge is 2.16. The molecule has 0 aliphatic carbocycles. The maximum atomic E-state index is 12.3. The van der Waals surface area contributed by atoms with Gasteiger partial charge in [0.15, 0.2) is 34.5 Å². The van der Waals surface area contributed by atoms with Gasteiger partial charge in [0.1, 0.15) is 0 Å². The summed E-state index contributed by atoms with van der Waals surface area (Å²) in [6.45, 7) is 0. The molecule has 0 bridgehead atoms. The van der Waals surface area contributed by atoms with Crippen LogP contribution in [-0.2, 0) is 0 Å². The average Bonchev–Trinajstić information content (AvgIpc) is 3.40. The van der Waals surface area contributed by atoms with Crippen molar-refractivity contribution in [3.8, 4) is 34.5 Å². The molecule has 1 aromatic heterocycles. The van der Waals surface area contributed by atoms with Gasteiger partial charge in [-0.25, -0.2) is 10.9 Å². The first-order valence-corrected chi connectivity index (χ1v) is 10.5. The molecule has 0 saturated heterocycles. The summed E-state index contributed by atoms with van der Waals surface area (Å²) in [6.07, 6.45) is 2.61. The molecule has 194 valence electrons. The lowest BCUT2D eigenvalue weighted by atomic mass is 10.2. The van der Waals surface area contributed by atoms with Gasteiger partial charge in [0.05, 0.1) is 40.9 Å². The quantitative estimate of drug-likeness (QED) is 0.235. The second kappa shape index (κ2) is 12.0. The van der Waals surface area contributed by atoms with Gasteiger partial charge in [0, 0.05) is 11.1 Å². The lowest BCUT2D eigenvalue weighted by Crippen LogP contribution is -2.18. The number of hydrazone groups is 2. The van der Waals surface area contributed by atoms with E-state index in [1.807, 2.05) is 0 Å². The number of ether oxygens (including phenoxy) is 4. The Labute approximate surface area is 210 Å². The molecule has 3 aromatic rings. The number of nitrogens with one attached hydrogen (secondary N) is 2. The Bertz CT molecular complexity index is 1200. The standard InChI is InChI=1S/C24H24N4O9/c1-33-17-7-13(8-18(34-2)21(17)29)11-25-27-23(31)15-5-6-16(37-15)24(32)28-26-12-14-9-19(35-3)22(30)20(10-14)36-4/h5-12,29-30H,1-4H3,(H,27,31)(H,28,32). The van der Waals surface area contributed by atoms with E-state index in [9.17, 15) is 19.8 Å². The second-order valence-electron chi connectivity index (χ2n) is 7.11. The summed E-state index contributed by atoms with van der Waals surface area (Å²) in [5, 5.41) is 27.6. The zero-order valence-electron chi connectivity index (χ0n) is 20.3. The summed E-state index contributed by atoms with van der Waals surface area (Å²) >= 11 is 0. The molecule has 0 atom stereocenters. The first-order valence-electron chi connectivity index (χ1n) is 10.5. The van der Waals surface area contributed by atoms with Crippen molar-refractivity contribution < 1.29 is 43.2 Å². The third kappa shape index (κ3) is 6.28. The van der Waals surface area contributed by atoms with E-state index in [1.165, 1.54) is 77.3 Å². The number of phenols is 2. The molecule has 2 amide bonds. The Morgan fingerprint density at radius 3 is 1.32 bits per heavy atom. The van der Waals surface area contributed by atoms with Crippen molar-refractivity contribution in [2.24, 2.45) is 10.2 Å². The van der Waals surface area contributed by atoms with Crippen molar-refractivity contribution in [2.45, 2.75) is 0 Å². The minimum atomic E-state index is -0.709. The summed E-state index contributed by atoms with van der Waals surface area (Å²) in [5.74, 6) is -1.42. The van der Waals surface area contributed by atoms with E-state index in [0.717, 1.165) is 0 Å². The highest BCUT2D eigenvalue weighted by Crippen LogP contribution is 2.37. The van der Waals surface area contributed by atoms with Crippen molar-refractivity contribution in [1.82, 2.24) is 10.9 Å². The third-order valence-electron chi connectivity index (χ3n) is 4.82. The topological polar surface area (TPSA) is 173 Å². The van der Waals surface area contributed by atoms with Crippen LogP contribution in [0, 0.1) is 0 Å². The number of benzene rings is 2. The molecule has 3 rings (SSSR count). The molecule has 13 heteroatoms. The molecule has 1 heterocycles. The molecular weight excluding hydrogens is 488 g/mol. The number of aromatic hydroxyl groups is 2. The zero-order chi connectivity index (χ0) is 26.9. The number of hydrogen-bond acceptors (Lipinski definition) is 11. The van der Waals surface area contributed by atoms with Gasteiger partial charge in [0.25, 0.3) is 0 Å². The van der Waals surface area contributed by atoms with Crippen LogP contribution in [0.1, 0.15) is 32.2 Å². The predicted molar refractivity (Wildman–Crippen MR) is 131 cm³/mol. The summed E-state index contributed by atoms with van der Waals surface area (Å²) in [6, 6.07) is 8.57. The number of furan rings is 1. The third-order valence-corrected chi connectivity index (χ3v) is 4.82. The van der Waals surface area contributed by atoms with Crippen molar-refractivity contribution >= 4 is 24.2 Å². The number of nitrogens with zero attached hydrogens (tertiary/aromatic N) is 2. The summed E-state index contributed by atoms with van der Waals surface area (Å²) in [7, 11) is 5.53. The molecule has 0 aliphatic heterocycles. The maximum absolute atomic E-state index is 12.3. The van der Waals surface area contributed by atoms with Crippen LogP contribution >= 0.6 is 0 Å². The summed E-state index contributed by atoms with van der Waals surface area (Å²) in [4.78, 5) is 24.6. The Morgan fingerprint density at radius 2 is 1.03 bits per heavy atom. The fraction of sp³-hybridized carbons (Fsp3) is 0.167. The van der Waals surface area contributed by atoms with Crippen LogP contribution in [0.3, 0.4) is 0 Å². The molecule has 13 nitrogen and oxygen atoms in total. The van der Waals surface area contributed by atoms with Crippen molar-refractivity contribution in [3.05, 3.63) is 59.0 Å². The average molecular weight is 512 g/mol. The largest absolute Gasteiger partial charge is 0.502 e. The lowest BCUT2D eigenvalue weighted by molar-refractivity contribution is 0.0902. The second-order valence-corrected chi connectivity index (χ2v) is 7.11. The molecule has 0 fully saturated rings. The highest BCUT2D eigenvalue weighted by atomic mass is 16.5. The SMILES string of the molecule is COc1cc(C=NNC(=O)c2ccc(C(=O)NN=Cc3cc(OC)c(O)c(OC)c3)o2)cc(OC)c1O. The highest BCUT2D eigenvalue weighted by molar-refractivity contribution is 5.96. The Morgan fingerprint density at radius 1 is 0.703 bits per heavy atom. The van der Waals surface area contributed by atoms with Gasteiger partial charge in [-0.05, 0) is 36.4 Å². The lowest BCUT2D eigenvalue weighted by Gasteiger charge is -2.09. The Hall–Kier alpha value is -5.20. The fourth-order valence-electron chi connectivity index (χ4n) is 3.00. The van der Waals surface area contributed by atoms with Gasteiger partial charge >= 0.3 is 11.8 Å². The van der Waals surface area contributed by atoms with Crippen molar-refractivity contribution in [3.63, 3.8) is 0 Å². The number of methoxy groups -OCH3 is 4. The van der Waals surface area contributed by atoms with E-state index >= 15 is 0 Å². The number of hydrogen-bond donors (Lipinski definition) is 4. The van der Waals surface area contributed by atoms with Gasteiger partial charge in [-0.2, -0.15) is 10.2 Å². The smallest absolute Gasteiger partial charge is 0.307 e. The Balaban J connectivity index is 1.61. The van der Waals surface area contributed by atoms with E-state index in [2.05, 4.69) is 21.1 Å². The Kier molecular flexibility index (Phi) is 8.54. The van der Waals surface area contributed by atoms with Crippen LogP contribution in [0.25, 0.3) is 0 Å². The molecule has 0 unspecified atom stereocenters. The normalized spacial score (nSPS) is 10.9. The zero-order valence-corrected chi connectivity index (χ0v) is 20.3. The molecule has 0 spiro atoms. The molecule has 4 N–H and O–H groups in total. The van der Waals surface area contributed by atoms with Crippen molar-refractivity contribution in [2.75, 3.05) is 28.4 Å². The molecule has 0 saturated carbocycles. The predicted octanol–water partition coefficient (Wildman–Crippen LogP) is 2.25. The molecule has 0 radical (unpaired) electrons.